The Morgan fingerprint density at radius 2 is 2.15 bits per heavy atom. The Hall–Kier alpha value is -2.67. The van der Waals surface area contributed by atoms with E-state index in [-0.39, 0.29) is 18.2 Å². The van der Waals surface area contributed by atoms with Crippen LogP contribution in [0, 0.1) is 13.8 Å². The van der Waals surface area contributed by atoms with Gasteiger partial charge in [0.2, 0.25) is 11.8 Å². The number of aromatic nitrogens is 2. The highest BCUT2D eigenvalue weighted by molar-refractivity contribution is 5.88. The van der Waals surface area contributed by atoms with Crippen LogP contribution < -0.4 is 10.6 Å². The molecular weight excluding hydrogens is 330 g/mol. The quantitative estimate of drug-likeness (QED) is 0.836. The molecule has 0 radical (unpaired) electrons. The van der Waals surface area contributed by atoms with Crippen molar-refractivity contribution in [2.24, 2.45) is 0 Å². The summed E-state index contributed by atoms with van der Waals surface area (Å²) in [6.45, 7) is 6.05. The second kappa shape index (κ2) is 7.70. The van der Waals surface area contributed by atoms with Crippen molar-refractivity contribution in [3.63, 3.8) is 0 Å². The average molecular weight is 355 g/mol. The van der Waals surface area contributed by atoms with E-state index < -0.39 is 6.04 Å². The van der Waals surface area contributed by atoms with Crippen molar-refractivity contribution >= 4 is 11.8 Å². The normalized spacial score (nSPS) is 17.8. The monoisotopic (exact) mass is 355 g/mol. The molecule has 1 aliphatic heterocycles. The lowest BCUT2D eigenvalue weighted by Crippen LogP contribution is -2.55. The average Bonchev–Trinajstić information content (AvgIpc) is 3.08. The summed E-state index contributed by atoms with van der Waals surface area (Å²) in [6, 6.07) is 5.78. The third kappa shape index (κ3) is 3.94. The van der Waals surface area contributed by atoms with Gasteiger partial charge in [0.15, 0.2) is 0 Å². The Labute approximate surface area is 153 Å². The lowest BCUT2D eigenvalue weighted by Gasteiger charge is -2.34. The van der Waals surface area contributed by atoms with E-state index in [1.54, 1.807) is 7.05 Å². The molecule has 1 aliphatic rings. The molecule has 7 heteroatoms. The van der Waals surface area contributed by atoms with Crippen LogP contribution in [0.5, 0.6) is 0 Å². The molecule has 0 saturated carbocycles. The van der Waals surface area contributed by atoms with Gasteiger partial charge in [0.05, 0.1) is 24.3 Å². The van der Waals surface area contributed by atoms with Crippen molar-refractivity contribution in [1.29, 1.82) is 0 Å². The number of nitrogens with one attached hydrogen (secondary N) is 2. The first-order valence-electron chi connectivity index (χ1n) is 8.81. The lowest BCUT2D eigenvalue weighted by molar-refractivity contribution is -0.134. The maximum absolute atomic E-state index is 12.2. The van der Waals surface area contributed by atoms with Crippen molar-refractivity contribution in [3.8, 4) is 5.69 Å². The minimum Gasteiger partial charge on any atom is -0.359 e. The summed E-state index contributed by atoms with van der Waals surface area (Å²) in [5, 5.41) is 9.88. The third-order valence-corrected chi connectivity index (χ3v) is 4.88. The molecular formula is C19H25N5O2. The van der Waals surface area contributed by atoms with Gasteiger partial charge in [-0.05, 0) is 37.1 Å². The summed E-state index contributed by atoms with van der Waals surface area (Å²) in [5.74, 6) is -0.232. The first-order valence-corrected chi connectivity index (χ1v) is 8.81. The molecule has 3 rings (SSSR count). The summed E-state index contributed by atoms with van der Waals surface area (Å²) in [5.41, 5.74) is 4.49. The number of hydrogen-bond acceptors (Lipinski definition) is 4. The molecule has 1 fully saturated rings. The molecule has 0 aliphatic carbocycles. The minimum atomic E-state index is -0.450. The molecule has 1 atom stereocenters. The van der Waals surface area contributed by atoms with Gasteiger partial charge in [-0.1, -0.05) is 6.07 Å². The predicted octanol–water partition coefficient (Wildman–Crippen LogP) is 0.926. The van der Waals surface area contributed by atoms with Crippen molar-refractivity contribution in [2.45, 2.75) is 32.9 Å². The summed E-state index contributed by atoms with van der Waals surface area (Å²) >= 11 is 0. The topological polar surface area (TPSA) is 79.3 Å². The maximum atomic E-state index is 12.2. The number of amides is 2. The second-order valence-corrected chi connectivity index (χ2v) is 6.72. The van der Waals surface area contributed by atoms with Gasteiger partial charge in [-0.3, -0.25) is 14.5 Å². The van der Waals surface area contributed by atoms with Gasteiger partial charge >= 0.3 is 0 Å². The first-order chi connectivity index (χ1) is 12.5. The second-order valence-electron chi connectivity index (χ2n) is 6.72. The molecule has 1 aromatic heterocycles. The van der Waals surface area contributed by atoms with Gasteiger partial charge in [-0.2, -0.15) is 5.10 Å². The maximum Gasteiger partial charge on any atom is 0.237 e. The zero-order valence-electron chi connectivity index (χ0n) is 15.5. The summed E-state index contributed by atoms with van der Waals surface area (Å²) < 4.78 is 1.85. The first kappa shape index (κ1) is 18.1. The van der Waals surface area contributed by atoms with Crippen LogP contribution in [0.2, 0.25) is 0 Å². The standard InChI is InChI=1S/C19H25N5O2/c1-13-4-5-16(8-14(13)2)24-12-15(10-22-24)11-23-7-6-21-19(26)17(23)9-18(25)20-3/h4-5,8,10,12,17H,6-7,9,11H2,1-3H3,(H,20,25)(H,21,26)/t17-/m0/s1. The van der Waals surface area contributed by atoms with Gasteiger partial charge in [-0.15, -0.1) is 0 Å². The molecule has 1 aromatic carbocycles. The fourth-order valence-corrected chi connectivity index (χ4v) is 3.14. The van der Waals surface area contributed by atoms with E-state index in [0.29, 0.717) is 19.6 Å². The molecule has 0 bridgehead atoms. The number of hydrogen-bond donors (Lipinski definition) is 2. The highest BCUT2D eigenvalue weighted by Gasteiger charge is 2.31. The fourth-order valence-electron chi connectivity index (χ4n) is 3.14. The zero-order valence-corrected chi connectivity index (χ0v) is 15.5. The van der Waals surface area contributed by atoms with Gasteiger partial charge in [0.1, 0.15) is 0 Å². The number of benzene rings is 1. The van der Waals surface area contributed by atoms with E-state index in [2.05, 4.69) is 41.7 Å². The van der Waals surface area contributed by atoms with Gasteiger partial charge < -0.3 is 10.6 Å². The van der Waals surface area contributed by atoms with Crippen molar-refractivity contribution < 1.29 is 9.59 Å². The number of aryl methyl sites for hydroxylation is 2. The van der Waals surface area contributed by atoms with Crippen molar-refractivity contribution in [2.75, 3.05) is 20.1 Å². The molecule has 138 valence electrons. The Bertz CT molecular complexity index is 814. The minimum absolute atomic E-state index is 0.0959. The molecule has 2 heterocycles. The molecule has 0 unspecified atom stereocenters. The summed E-state index contributed by atoms with van der Waals surface area (Å²) in [7, 11) is 1.58. The van der Waals surface area contributed by atoms with E-state index in [0.717, 1.165) is 11.3 Å². The highest BCUT2D eigenvalue weighted by Crippen LogP contribution is 2.17. The van der Waals surface area contributed by atoms with Crippen LogP contribution in [0.15, 0.2) is 30.6 Å². The number of carbonyl (C=O) groups is 2. The molecule has 26 heavy (non-hydrogen) atoms. The van der Waals surface area contributed by atoms with Gasteiger partial charge in [0, 0.05) is 38.4 Å². The largest absolute Gasteiger partial charge is 0.359 e. The number of piperazine rings is 1. The van der Waals surface area contributed by atoms with E-state index >= 15 is 0 Å². The van der Waals surface area contributed by atoms with Gasteiger partial charge in [0.25, 0.3) is 0 Å². The van der Waals surface area contributed by atoms with Crippen molar-refractivity contribution in [1.82, 2.24) is 25.3 Å². The molecule has 2 amide bonds. The molecule has 0 spiro atoms. The third-order valence-electron chi connectivity index (χ3n) is 4.88. The SMILES string of the molecule is CNC(=O)C[C@H]1C(=O)NCCN1Cc1cnn(-c2ccc(C)c(C)c2)c1. The fraction of sp³-hybridized carbons (Fsp3) is 0.421. The molecule has 2 N–H and O–H groups in total. The van der Waals surface area contributed by atoms with E-state index in [9.17, 15) is 9.59 Å². The van der Waals surface area contributed by atoms with Crippen LogP contribution in [-0.2, 0) is 16.1 Å². The van der Waals surface area contributed by atoms with Crippen molar-refractivity contribution in [3.05, 3.63) is 47.3 Å². The number of carbonyl (C=O) groups excluding carboxylic acids is 2. The Kier molecular flexibility index (Phi) is 5.37. The zero-order chi connectivity index (χ0) is 18.7. The van der Waals surface area contributed by atoms with Crippen LogP contribution >= 0.6 is 0 Å². The van der Waals surface area contributed by atoms with Gasteiger partial charge in [-0.25, -0.2) is 4.68 Å². The van der Waals surface area contributed by atoms with E-state index in [1.807, 2.05) is 28.0 Å². The Morgan fingerprint density at radius 3 is 2.88 bits per heavy atom. The Balaban J connectivity index is 1.75. The van der Waals surface area contributed by atoms with Crippen LogP contribution in [0.1, 0.15) is 23.1 Å². The summed E-state index contributed by atoms with van der Waals surface area (Å²) in [4.78, 5) is 26.0. The number of rotatable bonds is 5. The highest BCUT2D eigenvalue weighted by atomic mass is 16.2. The van der Waals surface area contributed by atoms with Crippen LogP contribution in [-0.4, -0.2) is 52.7 Å². The van der Waals surface area contributed by atoms with Crippen LogP contribution in [0.4, 0.5) is 0 Å². The van der Waals surface area contributed by atoms with Crippen LogP contribution in [0.25, 0.3) is 5.69 Å². The van der Waals surface area contributed by atoms with Crippen LogP contribution in [0.3, 0.4) is 0 Å². The Morgan fingerprint density at radius 1 is 1.35 bits per heavy atom. The lowest BCUT2D eigenvalue weighted by atomic mass is 10.1. The smallest absolute Gasteiger partial charge is 0.237 e. The molecule has 7 nitrogen and oxygen atoms in total. The summed E-state index contributed by atoms with van der Waals surface area (Å²) in [6.07, 6.45) is 3.96. The molecule has 1 saturated heterocycles. The van der Waals surface area contributed by atoms with E-state index in [4.69, 9.17) is 0 Å². The number of nitrogens with zero attached hydrogens (tertiary/aromatic N) is 3. The predicted molar refractivity (Wildman–Crippen MR) is 98.9 cm³/mol. The van der Waals surface area contributed by atoms with E-state index in [1.165, 1.54) is 11.1 Å². The molecule has 2 aromatic rings.